The summed E-state index contributed by atoms with van der Waals surface area (Å²) in [6.07, 6.45) is 4.40. The minimum absolute atomic E-state index is 0.0107. The topological polar surface area (TPSA) is 336 Å². The van der Waals surface area contributed by atoms with Gasteiger partial charge in [0, 0.05) is 42.7 Å². The number of nitrogens with one attached hydrogen (secondary N) is 9. The van der Waals surface area contributed by atoms with Gasteiger partial charge in [0.2, 0.25) is 41.4 Å². The predicted octanol–water partition coefficient (Wildman–Crippen LogP) is 1.98. The summed E-state index contributed by atoms with van der Waals surface area (Å²) in [5.74, 6) is -2.58. The number of fused-ring (bicyclic) bond motifs is 1. The number of rotatable bonds is 31. The molecule has 3 saturated heterocycles. The number of amides is 11. The fourth-order valence-corrected chi connectivity index (χ4v) is 11.1. The Balaban J connectivity index is 1.35. The molecule has 11 amide bonds. The first-order chi connectivity index (χ1) is 36.9. The molecule has 1 aromatic carbocycles. The van der Waals surface area contributed by atoms with Crippen molar-refractivity contribution < 1.29 is 62.2 Å². The van der Waals surface area contributed by atoms with Crippen molar-refractivity contribution in [2.75, 3.05) is 50.2 Å². The lowest BCUT2D eigenvalue weighted by Crippen LogP contribution is -2.55. The van der Waals surface area contributed by atoms with Crippen molar-refractivity contribution in [1.82, 2.24) is 52.8 Å². The van der Waals surface area contributed by atoms with E-state index in [9.17, 15) is 47.9 Å². The van der Waals surface area contributed by atoms with Crippen LogP contribution in [0.15, 0.2) is 36.9 Å². The average molecular weight is 1130 g/mol. The van der Waals surface area contributed by atoms with E-state index in [0.29, 0.717) is 61.6 Å². The standard InChI is InChI=1S/C52H81N11O13S2/c1-8-25-74-49(72)55-24-14-12-15-34(58-42(66)28-57-47(70)38-30-77-31-63(38)50(73)76-52(5,6)7)45(68)56-27-41(65)59-35(46(69)60-36(44(53)67)26-32-19-21-33(22-20-32)75-51(2,3)4)16-11-13-23-54-40(64)18-10-9-17-39-43-37(29-78-39)61-48(71)62-43/h8,19-22,34-39,43H,1,9-18,23-31H2,2-7H3,(H2,53,67)(H,54,64)(H,55,72)(H,56,68)(H,57,70)(H,58,66)(H,59,65)(H,60,69)(H2,61,62,71)/t34-,35-,36?,37?,38-,39-,43?/m0/s1. The quantitative estimate of drug-likeness (QED) is 0.0289. The third-order valence-electron chi connectivity index (χ3n) is 12.3. The van der Waals surface area contributed by atoms with Gasteiger partial charge in [0.05, 0.1) is 31.0 Å². The summed E-state index contributed by atoms with van der Waals surface area (Å²) in [4.78, 5) is 131. The number of nitrogens with zero attached hydrogens (tertiary/aromatic N) is 1. The number of urea groups is 1. The van der Waals surface area contributed by atoms with Crippen LogP contribution in [0.25, 0.3) is 0 Å². The molecule has 0 bridgehead atoms. The molecule has 0 aliphatic carbocycles. The summed E-state index contributed by atoms with van der Waals surface area (Å²) in [5.41, 5.74) is 5.20. The lowest BCUT2D eigenvalue weighted by Gasteiger charge is -2.27. The fourth-order valence-electron chi connectivity index (χ4n) is 8.46. The van der Waals surface area contributed by atoms with Gasteiger partial charge < -0.3 is 67.8 Å². The average Bonchev–Trinajstić information content (AvgIpc) is 4.11. The number of primary amides is 1. The van der Waals surface area contributed by atoms with Gasteiger partial charge in [-0.3, -0.25) is 38.5 Å². The van der Waals surface area contributed by atoms with Crippen molar-refractivity contribution >= 4 is 83.1 Å². The maximum atomic E-state index is 13.9. The molecule has 0 aromatic heterocycles. The Hall–Kier alpha value is -6.44. The minimum Gasteiger partial charge on any atom is -0.488 e. The minimum atomic E-state index is -1.22. The van der Waals surface area contributed by atoms with Crippen LogP contribution < -0.4 is 58.3 Å². The highest BCUT2D eigenvalue weighted by atomic mass is 32.2. The van der Waals surface area contributed by atoms with Crippen LogP contribution in [0, 0.1) is 0 Å². The lowest BCUT2D eigenvalue weighted by atomic mass is 10.0. The highest BCUT2D eigenvalue weighted by Gasteiger charge is 2.43. The molecule has 434 valence electrons. The Morgan fingerprint density at radius 1 is 0.756 bits per heavy atom. The second-order valence-electron chi connectivity index (χ2n) is 21.2. The fraction of sp³-hybridized carbons (Fsp3) is 0.654. The van der Waals surface area contributed by atoms with E-state index in [2.05, 4.69) is 54.4 Å². The van der Waals surface area contributed by atoms with E-state index in [4.69, 9.17) is 19.9 Å². The zero-order chi connectivity index (χ0) is 57.4. The maximum absolute atomic E-state index is 13.9. The number of unbranched alkanes of at least 4 members (excludes halogenated alkanes) is 3. The number of hydrogen-bond donors (Lipinski definition) is 10. The van der Waals surface area contributed by atoms with Crippen molar-refractivity contribution in [2.24, 2.45) is 5.73 Å². The highest BCUT2D eigenvalue weighted by Crippen LogP contribution is 2.33. The molecule has 4 rings (SSSR count). The maximum Gasteiger partial charge on any atom is 0.411 e. The first-order valence-corrected chi connectivity index (χ1v) is 28.7. The van der Waals surface area contributed by atoms with E-state index in [1.807, 2.05) is 32.5 Å². The molecular formula is C52H81N11O13S2. The van der Waals surface area contributed by atoms with Crippen LogP contribution in [0.1, 0.15) is 111 Å². The molecule has 3 aliphatic heterocycles. The van der Waals surface area contributed by atoms with E-state index in [0.717, 1.165) is 18.6 Å². The zero-order valence-electron chi connectivity index (χ0n) is 45.7. The Morgan fingerprint density at radius 3 is 2.03 bits per heavy atom. The van der Waals surface area contributed by atoms with Gasteiger partial charge in [-0.25, -0.2) is 14.4 Å². The van der Waals surface area contributed by atoms with Crippen molar-refractivity contribution in [3.8, 4) is 5.75 Å². The van der Waals surface area contributed by atoms with Crippen LogP contribution >= 0.6 is 23.5 Å². The molecule has 3 aliphatic rings. The van der Waals surface area contributed by atoms with Crippen molar-refractivity contribution in [2.45, 2.75) is 165 Å². The number of benzene rings is 1. The van der Waals surface area contributed by atoms with Crippen molar-refractivity contribution in [1.29, 1.82) is 0 Å². The number of thioether (sulfide) groups is 2. The largest absolute Gasteiger partial charge is 0.488 e. The summed E-state index contributed by atoms with van der Waals surface area (Å²) >= 11 is 3.16. The molecule has 0 spiro atoms. The lowest BCUT2D eigenvalue weighted by molar-refractivity contribution is -0.133. The summed E-state index contributed by atoms with van der Waals surface area (Å²) in [6, 6.07) is 2.56. The Bertz CT molecular complexity index is 2250. The summed E-state index contributed by atoms with van der Waals surface area (Å²) < 4.78 is 16.2. The molecule has 26 heteroatoms. The number of alkyl carbamates (subject to hydrolysis) is 1. The number of hydrogen-bond acceptors (Lipinski definition) is 15. The van der Waals surface area contributed by atoms with E-state index >= 15 is 0 Å². The highest BCUT2D eigenvalue weighted by molar-refractivity contribution is 8.00. The molecule has 3 fully saturated rings. The monoisotopic (exact) mass is 1130 g/mol. The summed E-state index contributed by atoms with van der Waals surface area (Å²) in [5, 5.41) is 24.6. The van der Waals surface area contributed by atoms with Crippen molar-refractivity contribution in [3.05, 3.63) is 42.5 Å². The van der Waals surface area contributed by atoms with Gasteiger partial charge in [-0.2, -0.15) is 11.8 Å². The number of carbonyl (C=O) groups is 10. The number of nitrogens with two attached hydrogens (primary N) is 1. The SMILES string of the molecule is C=CCOC(=O)NCCCC[C@H](NC(=O)CNC(=O)[C@@H]1CSCN1C(=O)OC(C)(C)C)C(=O)NCC(=O)N[C@@H](CCCCNC(=O)CCCC[C@@H]1SCC2NC(=O)NC21)C(=O)NC(Cc1ccc(OC(C)(C)C)cc1)C(N)=O. The smallest absolute Gasteiger partial charge is 0.411 e. The van der Waals surface area contributed by atoms with Crippen LogP contribution in [0.3, 0.4) is 0 Å². The molecule has 11 N–H and O–H groups in total. The molecule has 78 heavy (non-hydrogen) atoms. The molecule has 0 saturated carbocycles. The normalized spacial score (nSPS) is 18.8. The van der Waals surface area contributed by atoms with Crippen LogP contribution in [0.4, 0.5) is 14.4 Å². The van der Waals surface area contributed by atoms with Crippen LogP contribution in [-0.4, -0.2) is 167 Å². The summed E-state index contributed by atoms with van der Waals surface area (Å²) in [7, 11) is 0. The Kier molecular flexibility index (Phi) is 26.2. The van der Waals surface area contributed by atoms with Gasteiger partial charge in [0.25, 0.3) is 0 Å². The second-order valence-corrected chi connectivity index (χ2v) is 23.5. The van der Waals surface area contributed by atoms with Gasteiger partial charge in [-0.05, 0) is 111 Å². The van der Waals surface area contributed by atoms with Gasteiger partial charge in [0.1, 0.15) is 47.7 Å². The van der Waals surface area contributed by atoms with Crippen LogP contribution in [0.5, 0.6) is 5.75 Å². The van der Waals surface area contributed by atoms with E-state index in [1.54, 1.807) is 45.0 Å². The Morgan fingerprint density at radius 2 is 1.40 bits per heavy atom. The molecule has 0 radical (unpaired) electrons. The van der Waals surface area contributed by atoms with Gasteiger partial charge in [-0.1, -0.05) is 31.2 Å². The molecule has 24 nitrogen and oxygen atoms in total. The molecule has 3 unspecified atom stereocenters. The first-order valence-electron chi connectivity index (χ1n) is 26.5. The number of carbonyl (C=O) groups excluding carboxylic acids is 10. The molecule has 1 aromatic rings. The van der Waals surface area contributed by atoms with Crippen molar-refractivity contribution in [3.63, 3.8) is 0 Å². The summed E-state index contributed by atoms with van der Waals surface area (Å²) in [6.45, 7) is 13.6. The van der Waals surface area contributed by atoms with E-state index in [1.165, 1.54) is 22.7 Å². The van der Waals surface area contributed by atoms with Crippen LogP contribution in [0.2, 0.25) is 0 Å². The zero-order valence-corrected chi connectivity index (χ0v) is 47.4. The third kappa shape index (κ3) is 23.7. The Labute approximate surface area is 465 Å². The number of ether oxygens (including phenoxy) is 3. The van der Waals surface area contributed by atoms with Crippen LogP contribution in [-0.2, 0) is 49.5 Å². The van der Waals surface area contributed by atoms with E-state index < -0.39 is 96.1 Å². The first kappa shape index (κ1) is 64.1. The van der Waals surface area contributed by atoms with E-state index in [-0.39, 0.29) is 68.1 Å². The molecule has 3 heterocycles. The second kappa shape index (κ2) is 31.8. The van der Waals surface area contributed by atoms with Gasteiger partial charge in [0.15, 0.2) is 0 Å². The molecular weight excluding hydrogens is 1050 g/mol. The van der Waals surface area contributed by atoms with Gasteiger partial charge >= 0.3 is 18.2 Å². The molecule has 7 atom stereocenters. The third-order valence-corrected chi connectivity index (χ3v) is 14.8. The van der Waals surface area contributed by atoms with Gasteiger partial charge in [-0.15, -0.1) is 11.8 Å². The predicted molar refractivity (Wildman–Crippen MR) is 295 cm³/mol.